The Hall–Kier alpha value is -1.81. The first-order valence-electron chi connectivity index (χ1n) is 10.3. The van der Waals surface area contributed by atoms with Gasteiger partial charge in [0.05, 0.1) is 12.2 Å². The van der Waals surface area contributed by atoms with Gasteiger partial charge in [0, 0.05) is 36.3 Å². The molecule has 3 aliphatic carbocycles. The fourth-order valence-corrected chi connectivity index (χ4v) is 5.54. The van der Waals surface area contributed by atoms with Crippen LogP contribution in [-0.2, 0) is 4.79 Å². The van der Waals surface area contributed by atoms with Gasteiger partial charge in [-0.3, -0.25) is 20.9 Å². The van der Waals surface area contributed by atoms with E-state index in [4.69, 9.17) is 4.74 Å². The molecule has 158 valence electrons. The predicted octanol–water partition coefficient (Wildman–Crippen LogP) is 0.621. The molecule has 0 radical (unpaired) electrons. The Morgan fingerprint density at radius 1 is 1.28 bits per heavy atom. The van der Waals surface area contributed by atoms with Gasteiger partial charge in [0.1, 0.15) is 5.75 Å². The van der Waals surface area contributed by atoms with Crippen LogP contribution in [0.15, 0.2) is 18.2 Å². The van der Waals surface area contributed by atoms with Crippen molar-refractivity contribution < 1.29 is 18.3 Å². The van der Waals surface area contributed by atoms with Gasteiger partial charge in [-0.2, -0.15) is 0 Å². The number of ether oxygens (including phenoxy) is 1. The summed E-state index contributed by atoms with van der Waals surface area (Å²) in [6, 6.07) is 4.19. The monoisotopic (exact) mass is 407 g/mol. The average molecular weight is 407 g/mol. The largest absolute Gasteiger partial charge is 0.484 e. The third-order valence-electron chi connectivity index (χ3n) is 6.64. The van der Waals surface area contributed by atoms with Crippen LogP contribution in [0.3, 0.4) is 0 Å². The lowest BCUT2D eigenvalue weighted by Crippen LogP contribution is -2.86. The Labute approximate surface area is 168 Å². The van der Waals surface area contributed by atoms with E-state index in [2.05, 4.69) is 33.3 Å². The number of nitrogens with one attached hydrogen (secondary N) is 4. The minimum Gasteiger partial charge on any atom is -0.484 e. The highest BCUT2D eigenvalue weighted by Crippen LogP contribution is 2.60. The van der Waals surface area contributed by atoms with Gasteiger partial charge >= 0.3 is 0 Å². The molecular formula is C20H27F2N5O2. The maximum absolute atomic E-state index is 13.2. The number of hydrogen-bond acceptors (Lipinski definition) is 6. The second-order valence-electron chi connectivity index (χ2n) is 9.11. The molecule has 5 aliphatic rings. The number of piperazine rings is 1. The van der Waals surface area contributed by atoms with E-state index < -0.39 is 11.6 Å². The van der Waals surface area contributed by atoms with Crippen LogP contribution in [0.1, 0.15) is 32.6 Å². The van der Waals surface area contributed by atoms with Crippen molar-refractivity contribution in [3.05, 3.63) is 29.8 Å². The molecule has 6 rings (SSSR count). The number of carbonyl (C=O) groups excluding carboxylic acids is 1. The summed E-state index contributed by atoms with van der Waals surface area (Å²) < 4.78 is 31.4. The van der Waals surface area contributed by atoms with Crippen LogP contribution < -0.4 is 26.1 Å². The Morgan fingerprint density at radius 2 is 2.07 bits per heavy atom. The standard InChI is InChI=1S/C20H27F2N5O2/c1-12-6-16-18(23-4-5-27(16)26-12)25-20-9-19(10-20,11-20)24-17(28)8-29-13-2-3-14(21)15(22)7-13/h2-3,7,12,16,18,23,25-26H,4-6,8-11H2,1H3,(H,24,28). The van der Waals surface area contributed by atoms with Crippen molar-refractivity contribution in [2.24, 2.45) is 0 Å². The first-order chi connectivity index (χ1) is 13.9. The SMILES string of the molecule is CC1CC2C(NC34CC(NC(=O)COc5ccc(F)c(F)c5)(C3)C4)NCCN2N1. The van der Waals surface area contributed by atoms with Crippen molar-refractivity contribution in [2.45, 2.75) is 61.9 Å². The fraction of sp³-hybridized carbons (Fsp3) is 0.650. The molecule has 5 fully saturated rings. The van der Waals surface area contributed by atoms with E-state index in [9.17, 15) is 13.6 Å². The summed E-state index contributed by atoms with van der Waals surface area (Å²) in [4.78, 5) is 12.2. The fourth-order valence-electron chi connectivity index (χ4n) is 5.54. The molecular weight excluding hydrogens is 380 g/mol. The molecule has 0 spiro atoms. The summed E-state index contributed by atoms with van der Waals surface area (Å²) in [6.07, 6.45) is 4.09. The lowest BCUT2D eigenvalue weighted by atomic mass is 9.44. The minimum absolute atomic E-state index is 0.0979. The number of nitrogens with zero attached hydrogens (tertiary/aromatic N) is 1. The molecule has 1 aromatic rings. The summed E-state index contributed by atoms with van der Waals surface area (Å²) in [5, 5.41) is 12.8. The highest BCUT2D eigenvalue weighted by atomic mass is 19.2. The number of halogens is 2. The molecule has 4 N–H and O–H groups in total. The van der Waals surface area contributed by atoms with Gasteiger partial charge in [-0.25, -0.2) is 13.8 Å². The summed E-state index contributed by atoms with van der Waals surface area (Å²) in [7, 11) is 0. The van der Waals surface area contributed by atoms with Gasteiger partial charge in [0.25, 0.3) is 5.91 Å². The van der Waals surface area contributed by atoms with Gasteiger partial charge in [0.2, 0.25) is 0 Å². The van der Waals surface area contributed by atoms with Crippen molar-refractivity contribution in [3.63, 3.8) is 0 Å². The van der Waals surface area contributed by atoms with Crippen LogP contribution in [-0.4, -0.2) is 59.9 Å². The van der Waals surface area contributed by atoms with Crippen LogP contribution in [0.5, 0.6) is 5.75 Å². The summed E-state index contributed by atoms with van der Waals surface area (Å²) >= 11 is 0. The van der Waals surface area contributed by atoms with Crippen molar-refractivity contribution in [2.75, 3.05) is 19.7 Å². The van der Waals surface area contributed by atoms with Gasteiger partial charge in [-0.05, 0) is 44.7 Å². The van der Waals surface area contributed by atoms with Crippen LogP contribution >= 0.6 is 0 Å². The molecule has 2 saturated heterocycles. The lowest BCUT2D eigenvalue weighted by molar-refractivity contribution is -0.147. The van der Waals surface area contributed by atoms with E-state index >= 15 is 0 Å². The van der Waals surface area contributed by atoms with Crippen LogP contribution in [0.4, 0.5) is 8.78 Å². The van der Waals surface area contributed by atoms with Crippen molar-refractivity contribution in [3.8, 4) is 5.75 Å². The zero-order chi connectivity index (χ0) is 20.2. The third-order valence-corrected chi connectivity index (χ3v) is 6.64. The summed E-state index contributed by atoms with van der Waals surface area (Å²) in [5.41, 5.74) is 3.47. The molecule has 1 amide bonds. The highest BCUT2D eigenvalue weighted by Gasteiger charge is 2.69. The topological polar surface area (TPSA) is 77.7 Å². The first kappa shape index (κ1) is 19.2. The van der Waals surface area contributed by atoms with Crippen LogP contribution in [0, 0.1) is 11.6 Å². The van der Waals surface area contributed by atoms with Crippen molar-refractivity contribution in [1.29, 1.82) is 0 Å². The number of benzene rings is 1. The Bertz CT molecular complexity index is 802. The quantitative estimate of drug-likeness (QED) is 0.554. The maximum atomic E-state index is 13.2. The third kappa shape index (κ3) is 3.50. The van der Waals surface area contributed by atoms with Gasteiger partial charge in [0.15, 0.2) is 18.2 Å². The van der Waals surface area contributed by atoms with Crippen LogP contribution in [0.2, 0.25) is 0 Å². The number of amides is 1. The zero-order valence-electron chi connectivity index (χ0n) is 16.4. The van der Waals surface area contributed by atoms with Gasteiger partial charge in [-0.1, -0.05) is 0 Å². The van der Waals surface area contributed by atoms with E-state index in [1.807, 2.05) is 0 Å². The number of rotatable bonds is 6. The zero-order valence-corrected chi connectivity index (χ0v) is 16.4. The Kier molecular flexibility index (Phi) is 4.54. The molecule has 3 unspecified atom stereocenters. The Morgan fingerprint density at radius 3 is 2.83 bits per heavy atom. The van der Waals surface area contributed by atoms with Crippen LogP contribution in [0.25, 0.3) is 0 Å². The van der Waals surface area contributed by atoms with E-state index in [-0.39, 0.29) is 35.5 Å². The number of carbonyl (C=O) groups is 1. The first-order valence-corrected chi connectivity index (χ1v) is 10.3. The van der Waals surface area contributed by atoms with E-state index in [0.29, 0.717) is 12.1 Å². The van der Waals surface area contributed by atoms with E-state index in [1.165, 1.54) is 6.07 Å². The van der Waals surface area contributed by atoms with Crippen molar-refractivity contribution >= 4 is 5.91 Å². The molecule has 3 saturated carbocycles. The number of hydrogen-bond donors (Lipinski definition) is 4. The summed E-state index contributed by atoms with van der Waals surface area (Å²) in [6.45, 7) is 3.96. The molecule has 0 aromatic heterocycles. The normalized spacial score (nSPS) is 38.0. The van der Waals surface area contributed by atoms with Crippen molar-refractivity contribution in [1.82, 2.24) is 26.4 Å². The number of fused-ring (bicyclic) bond motifs is 1. The molecule has 1 aromatic carbocycles. The van der Waals surface area contributed by atoms with E-state index in [1.54, 1.807) is 0 Å². The number of hydrazine groups is 1. The second-order valence-corrected chi connectivity index (χ2v) is 9.11. The smallest absolute Gasteiger partial charge is 0.258 e. The maximum Gasteiger partial charge on any atom is 0.258 e. The second kappa shape index (κ2) is 6.87. The van der Waals surface area contributed by atoms with E-state index in [0.717, 1.165) is 50.9 Å². The molecule has 2 aliphatic heterocycles. The average Bonchev–Trinajstić information content (AvgIpc) is 3.01. The summed E-state index contributed by atoms with van der Waals surface area (Å²) in [5.74, 6) is -2.02. The highest BCUT2D eigenvalue weighted by molar-refractivity contribution is 5.79. The molecule has 29 heavy (non-hydrogen) atoms. The molecule has 2 bridgehead atoms. The minimum atomic E-state index is -0.989. The molecule has 9 heteroatoms. The molecule has 3 atom stereocenters. The van der Waals surface area contributed by atoms with Gasteiger partial charge in [-0.15, -0.1) is 0 Å². The molecule has 7 nitrogen and oxygen atoms in total. The van der Waals surface area contributed by atoms with Gasteiger partial charge < -0.3 is 10.1 Å². The molecule has 2 heterocycles. The predicted molar refractivity (Wildman–Crippen MR) is 102 cm³/mol. The Balaban J connectivity index is 1.09. The lowest BCUT2D eigenvalue weighted by Gasteiger charge is -2.71.